The van der Waals surface area contributed by atoms with Crippen molar-refractivity contribution in [3.63, 3.8) is 0 Å². The highest BCUT2D eigenvalue weighted by molar-refractivity contribution is 5.47. The maximum Gasteiger partial charge on any atom is 0.149 e. The van der Waals surface area contributed by atoms with Gasteiger partial charge in [0.25, 0.3) is 0 Å². The second-order valence-electron chi connectivity index (χ2n) is 4.26. The molecule has 0 spiro atoms. The minimum atomic E-state index is -0.921. The number of anilines is 1. The largest absolute Gasteiger partial charge is 0.389 e. The molecule has 84 valence electrons. The smallest absolute Gasteiger partial charge is 0.149 e. The van der Waals surface area contributed by atoms with Crippen molar-refractivity contribution in [3.8, 4) is 0 Å². The van der Waals surface area contributed by atoms with Crippen LogP contribution in [0.25, 0.3) is 0 Å². The van der Waals surface area contributed by atoms with Crippen LogP contribution in [0, 0.1) is 11.6 Å². The molecule has 0 heterocycles. The van der Waals surface area contributed by atoms with Gasteiger partial charge >= 0.3 is 0 Å². The first kappa shape index (κ1) is 11.9. The zero-order valence-electron chi connectivity index (χ0n) is 9.09. The topological polar surface area (TPSA) is 23.5 Å². The monoisotopic (exact) mass is 215 g/mol. The van der Waals surface area contributed by atoms with E-state index >= 15 is 0 Å². The van der Waals surface area contributed by atoms with Crippen molar-refractivity contribution < 1.29 is 13.9 Å². The molecule has 0 atom stereocenters. The molecule has 0 aromatic heterocycles. The fourth-order valence-electron chi connectivity index (χ4n) is 1.46. The van der Waals surface area contributed by atoms with Gasteiger partial charge in [-0.05, 0) is 26.0 Å². The number of hydrogen-bond donors (Lipinski definition) is 1. The van der Waals surface area contributed by atoms with Gasteiger partial charge < -0.3 is 10.0 Å². The van der Waals surface area contributed by atoms with Gasteiger partial charge in [-0.1, -0.05) is 0 Å². The molecule has 1 aromatic carbocycles. The normalized spacial score (nSPS) is 11.6. The molecule has 4 heteroatoms. The molecule has 1 N–H and O–H groups in total. The molecule has 15 heavy (non-hydrogen) atoms. The van der Waals surface area contributed by atoms with Crippen LogP contribution in [0.3, 0.4) is 0 Å². The summed E-state index contributed by atoms with van der Waals surface area (Å²) in [5, 5.41) is 9.56. The van der Waals surface area contributed by atoms with E-state index in [9.17, 15) is 13.9 Å². The van der Waals surface area contributed by atoms with Gasteiger partial charge in [0.15, 0.2) is 0 Å². The van der Waals surface area contributed by atoms with Crippen LogP contribution in [0.4, 0.5) is 14.5 Å². The van der Waals surface area contributed by atoms with Crippen LogP contribution < -0.4 is 4.90 Å². The Morgan fingerprint density at radius 3 is 2.40 bits per heavy atom. The molecule has 2 nitrogen and oxygen atoms in total. The zero-order chi connectivity index (χ0) is 11.6. The molecule has 1 aromatic rings. The lowest BCUT2D eigenvalue weighted by molar-refractivity contribution is 0.0885. The molecule has 0 radical (unpaired) electrons. The summed E-state index contributed by atoms with van der Waals surface area (Å²) in [6.45, 7) is 3.53. The van der Waals surface area contributed by atoms with Gasteiger partial charge in [-0.2, -0.15) is 0 Å². The van der Waals surface area contributed by atoms with Crippen molar-refractivity contribution >= 4 is 5.69 Å². The third kappa shape index (κ3) is 3.47. The summed E-state index contributed by atoms with van der Waals surface area (Å²) >= 11 is 0. The maximum absolute atomic E-state index is 13.3. The zero-order valence-corrected chi connectivity index (χ0v) is 9.09. The van der Waals surface area contributed by atoms with Gasteiger partial charge in [0, 0.05) is 19.7 Å². The number of nitrogens with zero attached hydrogens (tertiary/aromatic N) is 1. The standard InChI is InChI=1S/C11H15F2NO/c1-11(2,15)7-14(3)10-5-4-8(12)6-9(10)13/h4-6,15H,7H2,1-3H3. The second-order valence-corrected chi connectivity index (χ2v) is 4.26. The molecule has 0 aliphatic carbocycles. The third-order valence-electron chi connectivity index (χ3n) is 1.95. The fourth-order valence-corrected chi connectivity index (χ4v) is 1.46. The van der Waals surface area contributed by atoms with Gasteiger partial charge in [0.05, 0.1) is 11.3 Å². The van der Waals surface area contributed by atoms with Crippen molar-refractivity contribution in [2.24, 2.45) is 0 Å². The van der Waals surface area contributed by atoms with Crippen LogP contribution in [0.1, 0.15) is 13.8 Å². The van der Waals surface area contributed by atoms with Crippen LogP contribution in [-0.2, 0) is 0 Å². The molecule has 0 unspecified atom stereocenters. The third-order valence-corrected chi connectivity index (χ3v) is 1.95. The SMILES string of the molecule is CN(CC(C)(C)O)c1ccc(F)cc1F. The van der Waals surface area contributed by atoms with E-state index in [0.717, 1.165) is 6.07 Å². The van der Waals surface area contributed by atoms with E-state index in [1.165, 1.54) is 12.1 Å². The highest BCUT2D eigenvalue weighted by Crippen LogP contribution is 2.20. The van der Waals surface area contributed by atoms with Crippen molar-refractivity contribution in [3.05, 3.63) is 29.8 Å². The molecule has 0 amide bonds. The van der Waals surface area contributed by atoms with E-state index < -0.39 is 17.2 Å². The number of rotatable bonds is 3. The highest BCUT2D eigenvalue weighted by atomic mass is 19.1. The van der Waals surface area contributed by atoms with E-state index in [1.54, 1.807) is 25.8 Å². The Hall–Kier alpha value is -1.16. The fraction of sp³-hybridized carbons (Fsp3) is 0.455. The average Bonchev–Trinajstić information content (AvgIpc) is 1.99. The maximum atomic E-state index is 13.3. The Labute approximate surface area is 88.1 Å². The van der Waals surface area contributed by atoms with Crippen molar-refractivity contribution in [1.29, 1.82) is 0 Å². The number of likely N-dealkylation sites (N-methyl/N-ethyl adjacent to an activating group) is 1. The van der Waals surface area contributed by atoms with E-state index in [2.05, 4.69) is 0 Å². The molecule has 0 aliphatic rings. The molecule has 1 rings (SSSR count). The van der Waals surface area contributed by atoms with Gasteiger partial charge in [-0.3, -0.25) is 0 Å². The van der Waals surface area contributed by atoms with E-state index in [-0.39, 0.29) is 12.2 Å². The Morgan fingerprint density at radius 2 is 1.93 bits per heavy atom. The number of halogens is 2. The van der Waals surface area contributed by atoms with E-state index in [4.69, 9.17) is 0 Å². The Morgan fingerprint density at radius 1 is 1.33 bits per heavy atom. The lowest BCUT2D eigenvalue weighted by Crippen LogP contribution is -2.36. The number of aliphatic hydroxyl groups is 1. The first-order valence-corrected chi connectivity index (χ1v) is 4.68. The van der Waals surface area contributed by atoms with Crippen molar-refractivity contribution in [1.82, 2.24) is 0 Å². The summed E-state index contributed by atoms with van der Waals surface area (Å²) in [4.78, 5) is 1.55. The van der Waals surface area contributed by atoms with Crippen molar-refractivity contribution in [2.45, 2.75) is 19.4 Å². The first-order chi connectivity index (χ1) is 6.79. The van der Waals surface area contributed by atoms with E-state index in [1.807, 2.05) is 0 Å². The minimum absolute atomic E-state index is 0.273. The first-order valence-electron chi connectivity index (χ1n) is 4.68. The molecule has 0 aliphatic heterocycles. The van der Waals surface area contributed by atoms with Crippen LogP contribution in [-0.4, -0.2) is 24.3 Å². The predicted octanol–water partition coefficient (Wildman–Crippen LogP) is 2.17. The van der Waals surface area contributed by atoms with Crippen LogP contribution in [0.15, 0.2) is 18.2 Å². The Kier molecular flexibility index (Phi) is 3.29. The van der Waals surface area contributed by atoms with Gasteiger partial charge in [0.1, 0.15) is 11.6 Å². The summed E-state index contributed by atoms with van der Waals surface area (Å²) in [5.74, 6) is -1.23. The number of benzene rings is 1. The number of hydrogen-bond acceptors (Lipinski definition) is 2. The van der Waals surface area contributed by atoms with Gasteiger partial charge in [0.2, 0.25) is 0 Å². The summed E-state index contributed by atoms with van der Waals surface area (Å²) in [6, 6.07) is 3.38. The molecule has 0 bridgehead atoms. The van der Waals surface area contributed by atoms with E-state index in [0.29, 0.717) is 0 Å². The van der Waals surface area contributed by atoms with Gasteiger partial charge in [-0.15, -0.1) is 0 Å². The highest BCUT2D eigenvalue weighted by Gasteiger charge is 2.18. The molecular weight excluding hydrogens is 200 g/mol. The van der Waals surface area contributed by atoms with Gasteiger partial charge in [-0.25, -0.2) is 8.78 Å². The average molecular weight is 215 g/mol. The Bertz CT molecular complexity index is 347. The summed E-state index contributed by atoms with van der Waals surface area (Å²) in [7, 11) is 1.65. The minimum Gasteiger partial charge on any atom is -0.389 e. The second kappa shape index (κ2) is 4.14. The molecule has 0 saturated carbocycles. The summed E-state index contributed by atoms with van der Waals surface area (Å²) in [6.07, 6.45) is 0. The summed E-state index contributed by atoms with van der Waals surface area (Å²) in [5.41, 5.74) is -0.645. The Balaban J connectivity index is 2.87. The molecule has 0 fully saturated rings. The lowest BCUT2D eigenvalue weighted by atomic mass is 10.1. The van der Waals surface area contributed by atoms with Crippen LogP contribution in [0.2, 0.25) is 0 Å². The quantitative estimate of drug-likeness (QED) is 0.835. The molecular formula is C11H15F2NO. The van der Waals surface area contributed by atoms with Crippen LogP contribution in [0.5, 0.6) is 0 Å². The van der Waals surface area contributed by atoms with Crippen LogP contribution >= 0.6 is 0 Å². The predicted molar refractivity (Wildman–Crippen MR) is 55.9 cm³/mol. The summed E-state index contributed by atoms with van der Waals surface area (Å²) < 4.78 is 26.0. The lowest BCUT2D eigenvalue weighted by Gasteiger charge is -2.27. The molecule has 0 saturated heterocycles. The van der Waals surface area contributed by atoms with Crippen molar-refractivity contribution in [2.75, 3.05) is 18.5 Å².